The van der Waals surface area contributed by atoms with E-state index in [1.54, 1.807) is 0 Å². The number of hydrogen-bond donors (Lipinski definition) is 0. The maximum absolute atomic E-state index is 11.4. The van der Waals surface area contributed by atoms with Crippen molar-refractivity contribution in [2.45, 2.75) is 38.8 Å². The molecule has 0 saturated carbocycles. The van der Waals surface area contributed by atoms with Gasteiger partial charge in [0, 0.05) is 31.5 Å². The Labute approximate surface area is 85.4 Å². The van der Waals surface area contributed by atoms with Crippen LogP contribution in [0.25, 0.3) is 0 Å². The van der Waals surface area contributed by atoms with Gasteiger partial charge in [-0.1, -0.05) is 13.8 Å². The predicted octanol–water partition coefficient (Wildman–Crippen LogP) is 1.07. The number of piperidine rings is 1. The second-order valence-corrected chi connectivity index (χ2v) is 4.88. The summed E-state index contributed by atoms with van der Waals surface area (Å²) in [6.45, 7) is 7.05. The molecule has 0 N–H and O–H groups in total. The molecule has 0 amide bonds. The maximum Gasteiger partial charge on any atom is 0.136 e. The number of Topliss-reactive ketones (excluding diaryl/α,β-unsaturated/α-hetero) is 1. The Hall–Kier alpha value is -0.410. The molecule has 2 heterocycles. The minimum atomic E-state index is 0.359. The second-order valence-electron chi connectivity index (χ2n) is 4.88. The molecule has 0 aromatic rings. The van der Waals surface area contributed by atoms with Crippen molar-refractivity contribution in [3.8, 4) is 0 Å². The molecule has 2 aliphatic heterocycles. The Morgan fingerprint density at radius 1 is 1.36 bits per heavy atom. The van der Waals surface area contributed by atoms with Crippen molar-refractivity contribution in [2.24, 2.45) is 5.92 Å². The van der Waals surface area contributed by atoms with Crippen LogP contribution in [0, 0.1) is 5.92 Å². The number of carbonyl (C=O) groups is 1. The average molecular weight is 197 g/mol. The largest absolute Gasteiger partial charge is 0.378 e. The highest BCUT2D eigenvalue weighted by Crippen LogP contribution is 2.26. The monoisotopic (exact) mass is 197 g/mol. The molecule has 3 nitrogen and oxygen atoms in total. The molecule has 0 aromatic carbocycles. The van der Waals surface area contributed by atoms with Crippen LogP contribution in [0.2, 0.25) is 0 Å². The van der Waals surface area contributed by atoms with Gasteiger partial charge in [-0.25, -0.2) is 0 Å². The molecule has 3 heteroatoms. The van der Waals surface area contributed by atoms with Crippen LogP contribution in [-0.4, -0.2) is 42.5 Å². The summed E-state index contributed by atoms with van der Waals surface area (Å²) < 4.78 is 5.50. The van der Waals surface area contributed by atoms with E-state index >= 15 is 0 Å². The lowest BCUT2D eigenvalue weighted by molar-refractivity contribution is -0.136. The normalized spacial score (nSPS) is 33.8. The van der Waals surface area contributed by atoms with Crippen LogP contribution >= 0.6 is 0 Å². The second kappa shape index (κ2) is 3.99. The Morgan fingerprint density at radius 2 is 1.93 bits per heavy atom. The molecule has 0 spiro atoms. The first-order valence-electron chi connectivity index (χ1n) is 5.52. The number of nitrogens with zero attached hydrogens (tertiary/aromatic N) is 1. The lowest BCUT2D eigenvalue weighted by Crippen LogP contribution is -2.57. The zero-order valence-corrected chi connectivity index (χ0v) is 9.03. The average Bonchev–Trinajstić information content (AvgIpc) is 2.05. The van der Waals surface area contributed by atoms with Gasteiger partial charge in [0.05, 0.1) is 13.2 Å². The van der Waals surface area contributed by atoms with Gasteiger partial charge >= 0.3 is 0 Å². The van der Waals surface area contributed by atoms with Gasteiger partial charge in [0.1, 0.15) is 5.78 Å². The molecule has 2 bridgehead atoms. The van der Waals surface area contributed by atoms with Crippen molar-refractivity contribution in [1.82, 2.24) is 4.90 Å². The minimum Gasteiger partial charge on any atom is -0.378 e. The summed E-state index contributed by atoms with van der Waals surface area (Å²) in [5.74, 6) is 1.09. The number of morpholine rings is 1. The standard InChI is InChI=1S/C11H19NO2/c1-8(2)5-12-9-3-11(13)4-10(12)7-14-6-9/h8-10H,3-7H2,1-2H3. The fourth-order valence-electron chi connectivity index (χ4n) is 2.51. The first-order chi connectivity index (χ1) is 6.66. The number of ether oxygens (including phenoxy) is 1. The number of ketones is 1. The number of hydrogen-bond acceptors (Lipinski definition) is 3. The van der Waals surface area contributed by atoms with Gasteiger partial charge in [-0.2, -0.15) is 0 Å². The molecule has 2 aliphatic rings. The van der Waals surface area contributed by atoms with E-state index in [0.29, 0.717) is 36.6 Å². The summed E-state index contributed by atoms with van der Waals surface area (Å²) in [7, 11) is 0. The number of fused-ring (bicyclic) bond motifs is 2. The third-order valence-electron chi connectivity index (χ3n) is 3.06. The molecule has 2 rings (SSSR count). The van der Waals surface area contributed by atoms with E-state index in [2.05, 4.69) is 18.7 Å². The summed E-state index contributed by atoms with van der Waals surface area (Å²) in [6, 6.07) is 0.717. The molecule has 0 radical (unpaired) electrons. The number of carbonyl (C=O) groups excluding carboxylic acids is 1. The van der Waals surface area contributed by atoms with Gasteiger partial charge < -0.3 is 4.74 Å². The molecule has 14 heavy (non-hydrogen) atoms. The quantitative estimate of drug-likeness (QED) is 0.663. The van der Waals surface area contributed by atoms with Gasteiger partial charge in [-0.05, 0) is 5.92 Å². The minimum absolute atomic E-state index is 0.359. The lowest BCUT2D eigenvalue weighted by Gasteiger charge is -2.45. The predicted molar refractivity (Wildman–Crippen MR) is 54.2 cm³/mol. The number of rotatable bonds is 2. The highest BCUT2D eigenvalue weighted by molar-refractivity contribution is 5.80. The summed E-state index contributed by atoms with van der Waals surface area (Å²) >= 11 is 0. The van der Waals surface area contributed by atoms with E-state index < -0.39 is 0 Å². The van der Waals surface area contributed by atoms with Crippen molar-refractivity contribution in [3.63, 3.8) is 0 Å². The highest BCUT2D eigenvalue weighted by atomic mass is 16.5. The van der Waals surface area contributed by atoms with Crippen molar-refractivity contribution >= 4 is 5.78 Å². The molecule has 2 fully saturated rings. The van der Waals surface area contributed by atoms with E-state index in [4.69, 9.17) is 4.74 Å². The van der Waals surface area contributed by atoms with Gasteiger partial charge in [0.2, 0.25) is 0 Å². The summed E-state index contributed by atoms with van der Waals surface area (Å²) in [5.41, 5.74) is 0. The molecular weight excluding hydrogens is 178 g/mol. The van der Waals surface area contributed by atoms with Crippen LogP contribution in [0.3, 0.4) is 0 Å². The Bertz CT molecular complexity index is 211. The Balaban J connectivity index is 2.05. The van der Waals surface area contributed by atoms with E-state index in [9.17, 15) is 4.79 Å². The van der Waals surface area contributed by atoms with E-state index in [1.165, 1.54) is 0 Å². The highest BCUT2D eigenvalue weighted by Gasteiger charge is 2.38. The zero-order chi connectivity index (χ0) is 10.1. The Morgan fingerprint density at radius 3 is 2.43 bits per heavy atom. The van der Waals surface area contributed by atoms with Crippen molar-refractivity contribution < 1.29 is 9.53 Å². The van der Waals surface area contributed by atoms with Gasteiger partial charge in [-0.15, -0.1) is 0 Å². The maximum atomic E-state index is 11.4. The van der Waals surface area contributed by atoms with Crippen LogP contribution in [0.5, 0.6) is 0 Å². The third kappa shape index (κ3) is 1.98. The van der Waals surface area contributed by atoms with Gasteiger partial charge in [0.15, 0.2) is 0 Å². The van der Waals surface area contributed by atoms with Crippen molar-refractivity contribution in [2.75, 3.05) is 19.8 Å². The topological polar surface area (TPSA) is 29.5 Å². The van der Waals surface area contributed by atoms with Crippen LogP contribution in [-0.2, 0) is 9.53 Å². The summed E-state index contributed by atoms with van der Waals surface area (Å²) in [6.07, 6.45) is 1.40. The van der Waals surface area contributed by atoms with E-state index in [1.807, 2.05) is 0 Å². The molecule has 0 aromatic heterocycles. The lowest BCUT2D eigenvalue weighted by atomic mass is 9.92. The molecule has 2 unspecified atom stereocenters. The van der Waals surface area contributed by atoms with Crippen molar-refractivity contribution in [3.05, 3.63) is 0 Å². The smallest absolute Gasteiger partial charge is 0.136 e. The summed E-state index contributed by atoms with van der Waals surface area (Å²) in [5, 5.41) is 0. The Kier molecular flexibility index (Phi) is 2.88. The molecule has 80 valence electrons. The van der Waals surface area contributed by atoms with Crippen LogP contribution < -0.4 is 0 Å². The first kappa shape index (κ1) is 10.1. The van der Waals surface area contributed by atoms with Crippen LogP contribution in [0.4, 0.5) is 0 Å². The van der Waals surface area contributed by atoms with E-state index in [0.717, 1.165) is 19.8 Å². The summed E-state index contributed by atoms with van der Waals surface area (Å²) in [4.78, 5) is 13.9. The molecule has 2 saturated heterocycles. The zero-order valence-electron chi connectivity index (χ0n) is 9.03. The molecular formula is C11H19NO2. The fourth-order valence-corrected chi connectivity index (χ4v) is 2.51. The van der Waals surface area contributed by atoms with Gasteiger partial charge in [0.25, 0.3) is 0 Å². The molecule has 2 atom stereocenters. The van der Waals surface area contributed by atoms with E-state index in [-0.39, 0.29) is 0 Å². The SMILES string of the molecule is CC(C)CN1C2COCC1CC(=O)C2. The first-order valence-corrected chi connectivity index (χ1v) is 5.52. The van der Waals surface area contributed by atoms with Gasteiger partial charge in [-0.3, -0.25) is 9.69 Å². The fraction of sp³-hybridized carbons (Fsp3) is 0.909. The third-order valence-corrected chi connectivity index (χ3v) is 3.06. The molecule has 0 aliphatic carbocycles. The van der Waals surface area contributed by atoms with Crippen LogP contribution in [0.15, 0.2) is 0 Å². The van der Waals surface area contributed by atoms with Crippen molar-refractivity contribution in [1.29, 1.82) is 0 Å². The van der Waals surface area contributed by atoms with Crippen LogP contribution in [0.1, 0.15) is 26.7 Å².